The minimum atomic E-state index is -0.150. The van der Waals surface area contributed by atoms with E-state index >= 15 is 0 Å². The van der Waals surface area contributed by atoms with E-state index in [0.29, 0.717) is 10.6 Å². The van der Waals surface area contributed by atoms with Crippen LogP contribution in [0.3, 0.4) is 0 Å². The smallest absolute Gasteiger partial charge is 0.256 e. The lowest BCUT2D eigenvalue weighted by Gasteiger charge is -2.36. The fourth-order valence-electron chi connectivity index (χ4n) is 3.02. The van der Waals surface area contributed by atoms with Crippen LogP contribution in [-0.4, -0.2) is 43.5 Å². The lowest BCUT2D eigenvalue weighted by atomic mass is 10.1. The Labute approximate surface area is 161 Å². The molecule has 0 atom stereocenters. The van der Waals surface area contributed by atoms with Gasteiger partial charge in [0.05, 0.1) is 16.9 Å². The topological polar surface area (TPSA) is 35.6 Å². The van der Waals surface area contributed by atoms with E-state index in [1.807, 2.05) is 36.4 Å². The minimum Gasteiger partial charge on any atom is -0.367 e. The van der Waals surface area contributed by atoms with Gasteiger partial charge in [-0.15, -0.1) is 0 Å². The number of halogens is 2. The first kappa shape index (κ1) is 18.2. The number of nitrogens with zero attached hydrogens (tertiary/aromatic N) is 2. The van der Waals surface area contributed by atoms with Crippen molar-refractivity contribution in [3.8, 4) is 0 Å². The van der Waals surface area contributed by atoms with Crippen molar-refractivity contribution in [1.29, 1.82) is 0 Å². The molecule has 2 aromatic carbocycles. The van der Waals surface area contributed by atoms with Crippen molar-refractivity contribution in [2.75, 3.05) is 42.9 Å². The van der Waals surface area contributed by atoms with Crippen LogP contribution in [0.2, 0.25) is 5.02 Å². The molecule has 1 fully saturated rings. The van der Waals surface area contributed by atoms with Crippen molar-refractivity contribution in [1.82, 2.24) is 4.90 Å². The summed E-state index contributed by atoms with van der Waals surface area (Å²) in [5.41, 5.74) is 2.36. The number of hydrogen-bond acceptors (Lipinski definition) is 3. The van der Waals surface area contributed by atoms with Gasteiger partial charge >= 0.3 is 0 Å². The normalized spacial score (nSPS) is 15.2. The van der Waals surface area contributed by atoms with E-state index in [-0.39, 0.29) is 5.91 Å². The zero-order chi connectivity index (χ0) is 17.8. The first-order chi connectivity index (χ1) is 12.1. The van der Waals surface area contributed by atoms with Gasteiger partial charge in [-0.2, -0.15) is 0 Å². The van der Waals surface area contributed by atoms with Crippen molar-refractivity contribution >= 4 is 44.8 Å². The number of anilines is 2. The summed E-state index contributed by atoms with van der Waals surface area (Å²) >= 11 is 9.61. The van der Waals surface area contributed by atoms with Gasteiger partial charge in [0.25, 0.3) is 5.91 Å². The minimum absolute atomic E-state index is 0.150. The molecule has 6 heteroatoms. The maximum Gasteiger partial charge on any atom is 0.256 e. The highest BCUT2D eigenvalue weighted by Crippen LogP contribution is 2.31. The lowest BCUT2D eigenvalue weighted by Crippen LogP contribution is -2.46. The van der Waals surface area contributed by atoms with Crippen molar-refractivity contribution in [3.63, 3.8) is 0 Å². The Kier molecular flexibility index (Phi) is 5.99. The molecule has 132 valence electrons. The van der Waals surface area contributed by atoms with E-state index in [9.17, 15) is 4.79 Å². The third-order valence-electron chi connectivity index (χ3n) is 4.49. The molecule has 0 aliphatic carbocycles. The summed E-state index contributed by atoms with van der Waals surface area (Å²) in [5, 5.41) is 3.63. The molecule has 0 spiro atoms. The molecule has 1 amide bonds. The van der Waals surface area contributed by atoms with E-state index in [4.69, 9.17) is 11.6 Å². The van der Waals surface area contributed by atoms with Gasteiger partial charge in [0.1, 0.15) is 0 Å². The monoisotopic (exact) mass is 421 g/mol. The number of likely N-dealkylation sites (N-methyl/N-ethyl adjacent to an activating group) is 1. The maximum absolute atomic E-state index is 12.7. The summed E-state index contributed by atoms with van der Waals surface area (Å²) in [7, 11) is 0. The number of hydrogen-bond donors (Lipinski definition) is 1. The van der Waals surface area contributed by atoms with Crippen LogP contribution in [0, 0.1) is 0 Å². The molecule has 1 heterocycles. The lowest BCUT2D eigenvalue weighted by molar-refractivity contribution is 0.102. The molecule has 0 unspecified atom stereocenters. The van der Waals surface area contributed by atoms with E-state index in [0.717, 1.165) is 48.6 Å². The Morgan fingerprint density at radius 1 is 1.16 bits per heavy atom. The van der Waals surface area contributed by atoms with Gasteiger partial charge in [0.15, 0.2) is 0 Å². The molecule has 1 aliphatic rings. The Morgan fingerprint density at radius 3 is 2.56 bits per heavy atom. The molecule has 3 rings (SSSR count). The summed E-state index contributed by atoms with van der Waals surface area (Å²) in [6, 6.07) is 13.1. The second-order valence-corrected chi connectivity index (χ2v) is 7.31. The van der Waals surface area contributed by atoms with Gasteiger partial charge in [0, 0.05) is 35.7 Å². The highest BCUT2D eigenvalue weighted by molar-refractivity contribution is 9.10. The van der Waals surface area contributed by atoms with Gasteiger partial charge in [-0.25, -0.2) is 0 Å². The van der Waals surface area contributed by atoms with E-state index in [1.54, 1.807) is 6.07 Å². The quantitative estimate of drug-likeness (QED) is 0.788. The van der Waals surface area contributed by atoms with Crippen LogP contribution in [0.1, 0.15) is 17.3 Å². The van der Waals surface area contributed by atoms with Gasteiger partial charge in [-0.3, -0.25) is 4.79 Å². The Balaban J connectivity index is 1.83. The molecular formula is C19H21BrClN3O. The Morgan fingerprint density at radius 2 is 1.88 bits per heavy atom. The van der Waals surface area contributed by atoms with Crippen LogP contribution in [0.5, 0.6) is 0 Å². The third kappa shape index (κ3) is 4.35. The predicted octanol–water partition coefficient (Wildman–Crippen LogP) is 4.50. The molecule has 2 aromatic rings. The number of benzene rings is 2. The summed E-state index contributed by atoms with van der Waals surface area (Å²) in [6.07, 6.45) is 0. The summed E-state index contributed by atoms with van der Waals surface area (Å²) < 4.78 is 0.771. The van der Waals surface area contributed by atoms with E-state index in [2.05, 4.69) is 38.0 Å². The van der Waals surface area contributed by atoms with E-state index in [1.165, 1.54) is 0 Å². The summed E-state index contributed by atoms with van der Waals surface area (Å²) in [5.74, 6) is -0.150. The molecule has 0 radical (unpaired) electrons. The standard InChI is InChI=1S/C19H21BrClN3O/c1-2-23-9-11-24(12-10-23)18-8-7-14(21)13-17(18)22-19(25)15-5-3-4-6-16(15)20/h3-8,13H,2,9-12H2,1H3,(H,22,25). The van der Waals surface area contributed by atoms with Crippen LogP contribution in [0.15, 0.2) is 46.9 Å². The highest BCUT2D eigenvalue weighted by Gasteiger charge is 2.20. The van der Waals surface area contributed by atoms with E-state index < -0.39 is 0 Å². The number of nitrogens with one attached hydrogen (secondary N) is 1. The molecule has 1 saturated heterocycles. The second kappa shape index (κ2) is 8.21. The average molecular weight is 423 g/mol. The number of carbonyl (C=O) groups is 1. The van der Waals surface area contributed by atoms with Crippen LogP contribution in [0.25, 0.3) is 0 Å². The van der Waals surface area contributed by atoms with Crippen LogP contribution in [-0.2, 0) is 0 Å². The van der Waals surface area contributed by atoms with Gasteiger partial charge in [-0.05, 0) is 52.8 Å². The number of carbonyl (C=O) groups excluding carboxylic acids is 1. The van der Waals surface area contributed by atoms with Gasteiger partial charge < -0.3 is 15.1 Å². The summed E-state index contributed by atoms with van der Waals surface area (Å²) in [4.78, 5) is 17.4. The van der Waals surface area contributed by atoms with Crippen molar-refractivity contribution in [2.45, 2.75) is 6.92 Å². The first-order valence-electron chi connectivity index (χ1n) is 8.41. The van der Waals surface area contributed by atoms with Crippen LogP contribution in [0.4, 0.5) is 11.4 Å². The first-order valence-corrected chi connectivity index (χ1v) is 9.58. The van der Waals surface area contributed by atoms with Crippen LogP contribution < -0.4 is 10.2 Å². The number of piperazine rings is 1. The number of amides is 1. The summed E-state index contributed by atoms with van der Waals surface area (Å²) in [6.45, 7) is 7.18. The highest BCUT2D eigenvalue weighted by atomic mass is 79.9. The van der Waals surface area contributed by atoms with Crippen molar-refractivity contribution in [2.24, 2.45) is 0 Å². The molecule has 1 N–H and O–H groups in total. The third-order valence-corrected chi connectivity index (χ3v) is 5.41. The SMILES string of the molecule is CCN1CCN(c2ccc(Cl)cc2NC(=O)c2ccccc2Br)CC1. The zero-order valence-corrected chi connectivity index (χ0v) is 16.5. The molecule has 4 nitrogen and oxygen atoms in total. The fraction of sp³-hybridized carbons (Fsp3) is 0.316. The van der Waals surface area contributed by atoms with Gasteiger partial charge in [-0.1, -0.05) is 30.7 Å². The molecule has 25 heavy (non-hydrogen) atoms. The predicted molar refractivity (Wildman–Crippen MR) is 108 cm³/mol. The number of rotatable bonds is 4. The molecule has 0 saturated carbocycles. The zero-order valence-electron chi connectivity index (χ0n) is 14.1. The molecule has 0 bridgehead atoms. The Bertz CT molecular complexity index is 760. The molecule has 0 aromatic heterocycles. The van der Waals surface area contributed by atoms with Crippen molar-refractivity contribution in [3.05, 3.63) is 57.5 Å². The fourth-order valence-corrected chi connectivity index (χ4v) is 3.66. The van der Waals surface area contributed by atoms with Crippen molar-refractivity contribution < 1.29 is 4.79 Å². The largest absolute Gasteiger partial charge is 0.367 e. The van der Waals surface area contributed by atoms with Gasteiger partial charge in [0.2, 0.25) is 0 Å². The average Bonchev–Trinajstić information content (AvgIpc) is 2.62. The van der Waals surface area contributed by atoms with Crippen LogP contribution >= 0.6 is 27.5 Å². The molecule has 1 aliphatic heterocycles. The molecular weight excluding hydrogens is 402 g/mol. The maximum atomic E-state index is 12.7. The Hall–Kier alpha value is -1.56. The second-order valence-electron chi connectivity index (χ2n) is 6.02.